The Labute approximate surface area is 130 Å². The lowest BCUT2D eigenvalue weighted by Gasteiger charge is -2.37. The molecule has 1 amide bonds. The monoisotopic (exact) mass is 298 g/mol. The number of benzene rings is 1. The summed E-state index contributed by atoms with van der Waals surface area (Å²) in [5.74, 6) is 0.753. The van der Waals surface area contributed by atoms with Crippen molar-refractivity contribution in [2.45, 2.75) is 44.9 Å². The average Bonchev–Trinajstić information content (AvgIpc) is 3.14. The Balaban J connectivity index is 1.59. The molecule has 1 aromatic heterocycles. The van der Waals surface area contributed by atoms with Gasteiger partial charge in [0.2, 0.25) is 5.91 Å². The van der Waals surface area contributed by atoms with Gasteiger partial charge in [0.25, 0.3) is 0 Å². The number of carbonyl (C=O) groups is 1. The van der Waals surface area contributed by atoms with Gasteiger partial charge < -0.3 is 14.6 Å². The van der Waals surface area contributed by atoms with Crippen LogP contribution in [0, 0.1) is 5.92 Å². The van der Waals surface area contributed by atoms with Crippen LogP contribution < -0.4 is 0 Å². The molecule has 2 aliphatic rings. The van der Waals surface area contributed by atoms with Crippen molar-refractivity contribution < 1.29 is 9.53 Å². The summed E-state index contributed by atoms with van der Waals surface area (Å²) in [7, 11) is 0. The van der Waals surface area contributed by atoms with Gasteiger partial charge in [-0.05, 0) is 30.9 Å². The molecule has 1 N–H and O–H groups in total. The second-order valence-electron chi connectivity index (χ2n) is 6.45. The molecule has 2 aromatic rings. The van der Waals surface area contributed by atoms with Crippen molar-refractivity contribution in [3.8, 4) is 0 Å². The van der Waals surface area contributed by atoms with Gasteiger partial charge in [0, 0.05) is 29.4 Å². The lowest BCUT2D eigenvalue weighted by atomic mass is 9.92. The largest absolute Gasteiger partial charge is 0.361 e. The first kappa shape index (κ1) is 13.8. The third-order valence-electron chi connectivity index (χ3n) is 5.20. The summed E-state index contributed by atoms with van der Waals surface area (Å²) in [5, 5.41) is 1.25. The fourth-order valence-corrected chi connectivity index (χ4v) is 3.98. The Hall–Kier alpha value is -1.81. The van der Waals surface area contributed by atoms with Gasteiger partial charge in [-0.1, -0.05) is 25.1 Å². The fraction of sp³-hybridized carbons (Fsp3) is 0.500. The van der Waals surface area contributed by atoms with E-state index < -0.39 is 0 Å². The lowest BCUT2D eigenvalue weighted by Crippen LogP contribution is -2.49. The van der Waals surface area contributed by atoms with Crippen molar-refractivity contribution in [3.05, 3.63) is 36.0 Å². The molecule has 0 aliphatic carbocycles. The van der Waals surface area contributed by atoms with E-state index in [0.717, 1.165) is 24.8 Å². The number of aromatic amines is 1. The predicted octanol–water partition coefficient (Wildman–Crippen LogP) is 3.08. The molecule has 4 rings (SSSR count). The second kappa shape index (κ2) is 5.43. The molecule has 0 bridgehead atoms. The van der Waals surface area contributed by atoms with E-state index >= 15 is 0 Å². The normalized spacial score (nSPS) is 28.3. The quantitative estimate of drug-likeness (QED) is 0.946. The van der Waals surface area contributed by atoms with E-state index in [0.29, 0.717) is 18.9 Å². The van der Waals surface area contributed by atoms with Crippen LogP contribution in [0.4, 0.5) is 0 Å². The molecule has 0 unspecified atom stereocenters. The Bertz CT molecular complexity index is 693. The number of nitrogens with zero attached hydrogens (tertiary/aromatic N) is 1. The number of nitrogens with one attached hydrogen (secondary N) is 1. The first-order valence-electron chi connectivity index (χ1n) is 8.25. The van der Waals surface area contributed by atoms with Crippen LogP contribution in [0.5, 0.6) is 0 Å². The average molecular weight is 298 g/mol. The maximum atomic E-state index is 12.4. The Morgan fingerprint density at radius 1 is 1.36 bits per heavy atom. The van der Waals surface area contributed by atoms with Crippen LogP contribution in [0.3, 0.4) is 0 Å². The number of H-pyrrole nitrogens is 1. The van der Waals surface area contributed by atoms with Crippen LogP contribution in [0.15, 0.2) is 30.5 Å². The highest BCUT2D eigenvalue weighted by atomic mass is 16.5. The zero-order valence-electron chi connectivity index (χ0n) is 12.9. The van der Waals surface area contributed by atoms with E-state index in [1.54, 1.807) is 0 Å². The van der Waals surface area contributed by atoms with Crippen molar-refractivity contribution >= 4 is 16.8 Å². The van der Waals surface area contributed by atoms with Crippen LogP contribution in [-0.4, -0.2) is 34.7 Å². The van der Waals surface area contributed by atoms with E-state index in [4.69, 9.17) is 4.74 Å². The summed E-state index contributed by atoms with van der Waals surface area (Å²) < 4.78 is 6.00. The molecule has 0 spiro atoms. The number of rotatable bonds is 3. The summed E-state index contributed by atoms with van der Waals surface area (Å²) >= 11 is 0. The van der Waals surface area contributed by atoms with Gasteiger partial charge in [-0.25, -0.2) is 0 Å². The van der Waals surface area contributed by atoms with Crippen molar-refractivity contribution in [3.63, 3.8) is 0 Å². The summed E-state index contributed by atoms with van der Waals surface area (Å²) in [6, 6.07) is 8.50. The highest BCUT2D eigenvalue weighted by molar-refractivity contribution is 5.83. The van der Waals surface area contributed by atoms with Gasteiger partial charge in [-0.15, -0.1) is 0 Å². The van der Waals surface area contributed by atoms with Gasteiger partial charge >= 0.3 is 0 Å². The topological polar surface area (TPSA) is 45.3 Å². The summed E-state index contributed by atoms with van der Waals surface area (Å²) in [4.78, 5) is 17.7. The fourth-order valence-electron chi connectivity index (χ4n) is 3.98. The number of carbonyl (C=O) groups excluding carboxylic acids is 1. The number of hydrogen-bond acceptors (Lipinski definition) is 2. The van der Waals surface area contributed by atoms with Crippen LogP contribution in [0.1, 0.15) is 31.7 Å². The van der Waals surface area contributed by atoms with Crippen LogP contribution in [0.2, 0.25) is 0 Å². The first-order chi connectivity index (χ1) is 10.8. The highest BCUT2D eigenvalue weighted by Crippen LogP contribution is 2.35. The summed E-state index contributed by atoms with van der Waals surface area (Å²) in [6.07, 6.45) is 5.65. The number of aromatic nitrogens is 1. The Kier molecular flexibility index (Phi) is 3.41. The van der Waals surface area contributed by atoms with Crippen LogP contribution in [0.25, 0.3) is 10.9 Å². The van der Waals surface area contributed by atoms with Crippen molar-refractivity contribution in [2.24, 2.45) is 5.92 Å². The van der Waals surface area contributed by atoms with Crippen molar-refractivity contribution in [2.75, 3.05) is 6.61 Å². The minimum absolute atomic E-state index is 0.00135. The predicted molar refractivity (Wildman–Crippen MR) is 85.4 cm³/mol. The zero-order valence-corrected chi connectivity index (χ0v) is 12.9. The maximum Gasteiger partial charge on any atom is 0.224 e. The molecule has 0 radical (unpaired) electrons. The van der Waals surface area contributed by atoms with Crippen LogP contribution >= 0.6 is 0 Å². The number of ether oxygens (including phenoxy) is 1. The van der Waals surface area contributed by atoms with Gasteiger partial charge in [0.05, 0.1) is 12.6 Å². The van der Waals surface area contributed by atoms with Crippen LogP contribution in [-0.2, 0) is 16.0 Å². The van der Waals surface area contributed by atoms with Gasteiger partial charge in [-0.3, -0.25) is 4.79 Å². The molecule has 2 aliphatic heterocycles. The SMILES string of the molecule is CC[C@@H]1CCC(=O)N2[C@@H](Cc3c[nH]c4ccccc34)CO[C@@H]12. The van der Waals surface area contributed by atoms with Crippen molar-refractivity contribution in [1.29, 1.82) is 0 Å². The molecule has 4 heteroatoms. The number of hydrogen-bond donors (Lipinski definition) is 1. The Morgan fingerprint density at radius 2 is 2.23 bits per heavy atom. The lowest BCUT2D eigenvalue weighted by molar-refractivity contribution is -0.147. The third kappa shape index (κ3) is 2.13. The maximum absolute atomic E-state index is 12.4. The number of amides is 1. The number of para-hydroxylation sites is 1. The smallest absolute Gasteiger partial charge is 0.224 e. The molecule has 22 heavy (non-hydrogen) atoms. The third-order valence-corrected chi connectivity index (χ3v) is 5.20. The standard InChI is InChI=1S/C18H22N2O2/c1-2-12-7-8-17(21)20-14(11-22-18(12)20)9-13-10-19-16-6-4-3-5-15(13)16/h3-6,10,12,14,18-19H,2,7-9,11H2,1H3/t12-,14+,18+/m1/s1. The second-order valence-corrected chi connectivity index (χ2v) is 6.45. The molecule has 4 nitrogen and oxygen atoms in total. The van der Waals surface area contributed by atoms with Gasteiger partial charge in [-0.2, -0.15) is 0 Å². The highest BCUT2D eigenvalue weighted by Gasteiger charge is 2.44. The van der Waals surface area contributed by atoms with E-state index in [1.165, 1.54) is 10.9 Å². The molecule has 1 aromatic carbocycles. The molecule has 3 heterocycles. The first-order valence-corrected chi connectivity index (χ1v) is 8.25. The Morgan fingerprint density at radius 3 is 3.09 bits per heavy atom. The number of fused-ring (bicyclic) bond motifs is 2. The molecular formula is C18H22N2O2. The van der Waals surface area contributed by atoms with E-state index in [2.05, 4.69) is 36.3 Å². The van der Waals surface area contributed by atoms with E-state index in [9.17, 15) is 4.79 Å². The van der Waals surface area contributed by atoms with Gasteiger partial charge in [0.1, 0.15) is 6.23 Å². The van der Waals surface area contributed by atoms with E-state index in [1.807, 2.05) is 11.0 Å². The minimum atomic E-state index is 0.00135. The molecule has 0 saturated carbocycles. The molecular weight excluding hydrogens is 276 g/mol. The molecule has 2 saturated heterocycles. The molecule has 116 valence electrons. The van der Waals surface area contributed by atoms with E-state index in [-0.39, 0.29) is 18.2 Å². The van der Waals surface area contributed by atoms with Gasteiger partial charge in [0.15, 0.2) is 0 Å². The minimum Gasteiger partial charge on any atom is -0.361 e. The molecule has 3 atom stereocenters. The summed E-state index contributed by atoms with van der Waals surface area (Å²) in [6.45, 7) is 2.85. The zero-order chi connectivity index (χ0) is 15.1. The number of piperidine rings is 1. The van der Waals surface area contributed by atoms with Crippen molar-refractivity contribution in [1.82, 2.24) is 9.88 Å². The summed E-state index contributed by atoms with van der Waals surface area (Å²) in [5.41, 5.74) is 2.43. The molecule has 2 fully saturated rings.